The molecule has 172 valence electrons. The standard InChI is InChI=1S/C23H22BrCl2N5O2/c1-23(2,3)33-22(32)30-8-5-13(6-9-30)18-4-7-28-21-15(12-27)20(29-31(18)21)14-10-16(25)19(24)17(26)11-14/h4,7,10-11,13H,5-6,8-9H2,1-3H3. The van der Waals surface area contributed by atoms with Crippen LogP contribution in [-0.4, -0.2) is 44.3 Å². The van der Waals surface area contributed by atoms with E-state index in [1.54, 1.807) is 27.7 Å². The Morgan fingerprint density at radius 1 is 1.24 bits per heavy atom. The molecule has 1 aliphatic rings. The molecule has 3 aromatic rings. The molecule has 1 fully saturated rings. The monoisotopic (exact) mass is 549 g/mol. The number of hydrogen-bond donors (Lipinski definition) is 0. The van der Waals surface area contributed by atoms with E-state index in [0.29, 0.717) is 50.1 Å². The lowest BCUT2D eigenvalue weighted by Gasteiger charge is -2.33. The van der Waals surface area contributed by atoms with Crippen LogP contribution in [-0.2, 0) is 4.74 Å². The second-order valence-corrected chi connectivity index (χ2v) is 10.5. The average Bonchev–Trinajstić information content (AvgIpc) is 3.15. The van der Waals surface area contributed by atoms with Crippen LogP contribution in [0.1, 0.15) is 50.8 Å². The first-order valence-corrected chi connectivity index (χ1v) is 12.0. The van der Waals surface area contributed by atoms with Gasteiger partial charge in [0.2, 0.25) is 0 Å². The van der Waals surface area contributed by atoms with Gasteiger partial charge < -0.3 is 9.64 Å². The summed E-state index contributed by atoms with van der Waals surface area (Å²) >= 11 is 15.9. The van der Waals surface area contributed by atoms with Gasteiger partial charge in [-0.25, -0.2) is 14.3 Å². The van der Waals surface area contributed by atoms with E-state index >= 15 is 0 Å². The maximum absolute atomic E-state index is 12.4. The smallest absolute Gasteiger partial charge is 0.410 e. The summed E-state index contributed by atoms with van der Waals surface area (Å²) in [5.74, 6) is 0.158. The molecule has 1 aliphatic heterocycles. The zero-order chi connectivity index (χ0) is 23.9. The third-order valence-electron chi connectivity index (χ3n) is 5.48. The summed E-state index contributed by atoms with van der Waals surface area (Å²) in [5.41, 5.74) is 2.37. The zero-order valence-electron chi connectivity index (χ0n) is 18.4. The van der Waals surface area contributed by atoms with Crippen molar-refractivity contribution in [1.29, 1.82) is 5.26 Å². The highest BCUT2D eigenvalue weighted by Crippen LogP contribution is 2.37. The van der Waals surface area contributed by atoms with E-state index in [4.69, 9.17) is 33.0 Å². The summed E-state index contributed by atoms with van der Waals surface area (Å²) < 4.78 is 7.82. The molecule has 3 heterocycles. The van der Waals surface area contributed by atoms with Gasteiger partial charge in [-0.05, 0) is 67.7 Å². The van der Waals surface area contributed by atoms with E-state index in [2.05, 4.69) is 27.0 Å². The first kappa shape index (κ1) is 23.8. The fourth-order valence-electron chi connectivity index (χ4n) is 3.95. The highest BCUT2D eigenvalue weighted by molar-refractivity contribution is 9.10. The van der Waals surface area contributed by atoms with Crippen molar-refractivity contribution < 1.29 is 9.53 Å². The molecule has 0 unspecified atom stereocenters. The number of carbonyl (C=O) groups is 1. The number of piperidine rings is 1. The lowest BCUT2D eigenvalue weighted by molar-refractivity contribution is 0.0203. The number of ether oxygens (including phenoxy) is 1. The predicted molar refractivity (Wildman–Crippen MR) is 131 cm³/mol. The first-order chi connectivity index (χ1) is 15.6. The Hall–Kier alpha value is -2.34. The van der Waals surface area contributed by atoms with E-state index in [1.807, 2.05) is 26.8 Å². The predicted octanol–water partition coefficient (Wildman–Crippen LogP) is 6.45. The summed E-state index contributed by atoms with van der Waals surface area (Å²) in [6, 6.07) is 7.59. The Morgan fingerprint density at radius 3 is 2.45 bits per heavy atom. The number of benzene rings is 1. The van der Waals surface area contributed by atoms with Crippen molar-refractivity contribution in [2.24, 2.45) is 0 Å². The molecule has 7 nitrogen and oxygen atoms in total. The summed E-state index contributed by atoms with van der Waals surface area (Å²) in [7, 11) is 0. The van der Waals surface area contributed by atoms with E-state index in [-0.39, 0.29) is 12.0 Å². The molecule has 0 aliphatic carbocycles. The molecule has 0 radical (unpaired) electrons. The molecule has 0 bridgehead atoms. The molecule has 0 N–H and O–H groups in total. The Labute approximate surface area is 210 Å². The first-order valence-electron chi connectivity index (χ1n) is 10.5. The number of nitriles is 1. The van der Waals surface area contributed by atoms with Gasteiger partial charge in [-0.1, -0.05) is 23.2 Å². The van der Waals surface area contributed by atoms with Crippen molar-refractivity contribution >= 4 is 50.9 Å². The lowest BCUT2D eigenvalue weighted by Crippen LogP contribution is -2.41. The van der Waals surface area contributed by atoms with Crippen molar-refractivity contribution in [3.8, 4) is 17.3 Å². The van der Waals surface area contributed by atoms with Gasteiger partial charge in [0.25, 0.3) is 0 Å². The minimum Gasteiger partial charge on any atom is -0.444 e. The lowest BCUT2D eigenvalue weighted by atomic mass is 9.93. The highest BCUT2D eigenvalue weighted by Gasteiger charge is 2.29. The van der Waals surface area contributed by atoms with Gasteiger partial charge in [-0.3, -0.25) is 0 Å². The van der Waals surface area contributed by atoms with Crippen LogP contribution in [0.4, 0.5) is 4.79 Å². The zero-order valence-corrected chi connectivity index (χ0v) is 21.5. The Balaban J connectivity index is 1.66. The van der Waals surface area contributed by atoms with Gasteiger partial charge in [-0.2, -0.15) is 10.4 Å². The normalized spacial score (nSPS) is 15.0. The SMILES string of the molecule is CC(C)(C)OC(=O)N1CCC(c2ccnc3c(C#N)c(-c4cc(Cl)c(Br)c(Cl)c4)nn23)CC1. The maximum atomic E-state index is 12.4. The molecular formula is C23H22BrCl2N5O2. The Morgan fingerprint density at radius 2 is 1.88 bits per heavy atom. The second-order valence-electron chi connectivity index (χ2n) is 8.94. The van der Waals surface area contributed by atoms with E-state index in [1.165, 1.54) is 0 Å². The van der Waals surface area contributed by atoms with Crippen LogP contribution in [0.15, 0.2) is 28.9 Å². The van der Waals surface area contributed by atoms with Crippen molar-refractivity contribution in [3.63, 3.8) is 0 Å². The van der Waals surface area contributed by atoms with Crippen LogP contribution in [0.25, 0.3) is 16.9 Å². The van der Waals surface area contributed by atoms with Crippen molar-refractivity contribution in [3.05, 3.63) is 50.2 Å². The number of hydrogen-bond acceptors (Lipinski definition) is 5. The Kier molecular flexibility index (Phi) is 6.59. The largest absolute Gasteiger partial charge is 0.444 e. The number of fused-ring (bicyclic) bond motifs is 1. The van der Waals surface area contributed by atoms with E-state index in [0.717, 1.165) is 18.5 Å². The molecule has 1 aromatic carbocycles. The molecule has 1 saturated heterocycles. The fourth-order valence-corrected chi connectivity index (χ4v) is 4.67. The van der Waals surface area contributed by atoms with Gasteiger partial charge in [-0.15, -0.1) is 0 Å². The number of likely N-dealkylation sites (tertiary alicyclic amines) is 1. The number of aromatic nitrogens is 3. The summed E-state index contributed by atoms with van der Waals surface area (Å²) in [6.45, 7) is 6.75. The molecule has 4 rings (SSSR count). The molecule has 10 heteroatoms. The number of amides is 1. The third kappa shape index (κ3) is 4.81. The molecular weight excluding hydrogens is 529 g/mol. The molecule has 33 heavy (non-hydrogen) atoms. The molecule has 0 atom stereocenters. The maximum Gasteiger partial charge on any atom is 0.410 e. The van der Waals surface area contributed by atoms with Crippen LogP contribution in [0, 0.1) is 11.3 Å². The average molecular weight is 551 g/mol. The fraction of sp³-hybridized carbons (Fsp3) is 0.391. The van der Waals surface area contributed by atoms with Crippen molar-refractivity contribution in [1.82, 2.24) is 19.5 Å². The van der Waals surface area contributed by atoms with Crippen LogP contribution in [0.5, 0.6) is 0 Å². The molecule has 2 aromatic heterocycles. The van der Waals surface area contributed by atoms with Crippen LogP contribution >= 0.6 is 39.1 Å². The number of nitrogens with zero attached hydrogens (tertiary/aromatic N) is 5. The third-order valence-corrected chi connectivity index (χ3v) is 7.39. The highest BCUT2D eigenvalue weighted by atomic mass is 79.9. The Bertz CT molecular complexity index is 1250. The van der Waals surface area contributed by atoms with Crippen molar-refractivity contribution in [2.75, 3.05) is 13.1 Å². The molecule has 0 spiro atoms. The van der Waals surface area contributed by atoms with Crippen LogP contribution in [0.3, 0.4) is 0 Å². The van der Waals surface area contributed by atoms with Crippen molar-refractivity contribution in [2.45, 2.75) is 45.1 Å². The number of carbonyl (C=O) groups excluding carboxylic acids is 1. The quantitative estimate of drug-likeness (QED) is 0.342. The van der Waals surface area contributed by atoms with Crippen LogP contribution in [0.2, 0.25) is 10.0 Å². The summed E-state index contributed by atoms with van der Waals surface area (Å²) in [6.07, 6.45) is 2.91. The minimum absolute atomic E-state index is 0.158. The van der Waals surface area contributed by atoms with Gasteiger partial charge in [0.05, 0.1) is 14.5 Å². The van der Waals surface area contributed by atoms with Gasteiger partial charge in [0.1, 0.15) is 22.9 Å². The topological polar surface area (TPSA) is 83.5 Å². The summed E-state index contributed by atoms with van der Waals surface area (Å²) in [5, 5.41) is 15.5. The van der Waals surface area contributed by atoms with E-state index < -0.39 is 5.60 Å². The minimum atomic E-state index is -0.525. The van der Waals surface area contributed by atoms with Gasteiger partial charge >= 0.3 is 6.09 Å². The molecule has 1 amide bonds. The number of rotatable bonds is 2. The van der Waals surface area contributed by atoms with Gasteiger partial charge in [0, 0.05) is 36.5 Å². The summed E-state index contributed by atoms with van der Waals surface area (Å²) in [4.78, 5) is 18.6. The van der Waals surface area contributed by atoms with Gasteiger partial charge in [0.15, 0.2) is 5.65 Å². The van der Waals surface area contributed by atoms with Crippen LogP contribution < -0.4 is 0 Å². The second kappa shape index (κ2) is 9.13. The molecule has 0 saturated carbocycles. The van der Waals surface area contributed by atoms with E-state index in [9.17, 15) is 10.1 Å². The number of halogens is 3.